The number of hydrogen-bond acceptors (Lipinski definition) is 2. The molecule has 0 spiro atoms. The molecular weight excluding hydrogens is 252 g/mol. The summed E-state index contributed by atoms with van der Waals surface area (Å²) >= 11 is 1.67. The Labute approximate surface area is 111 Å². The van der Waals surface area contributed by atoms with Gasteiger partial charge in [0.25, 0.3) is 0 Å². The van der Waals surface area contributed by atoms with Gasteiger partial charge >= 0.3 is 0 Å². The van der Waals surface area contributed by atoms with Crippen molar-refractivity contribution in [3.8, 4) is 0 Å². The summed E-state index contributed by atoms with van der Waals surface area (Å²) in [5.41, 5.74) is 0. The first-order valence-corrected chi connectivity index (χ1v) is 7.43. The third-order valence-electron chi connectivity index (χ3n) is 3.35. The smallest absolute Gasteiger partial charge is 0.159 e. The summed E-state index contributed by atoms with van der Waals surface area (Å²) in [4.78, 5) is 0.823. The Morgan fingerprint density at radius 3 is 2.72 bits per heavy atom. The Kier molecular flexibility index (Phi) is 5.01. The minimum absolute atomic E-state index is 0.462. The van der Waals surface area contributed by atoms with E-state index >= 15 is 0 Å². The van der Waals surface area contributed by atoms with E-state index < -0.39 is 11.6 Å². The number of halogens is 2. The molecule has 4 heteroatoms. The van der Waals surface area contributed by atoms with Crippen LogP contribution >= 0.6 is 11.8 Å². The Hall–Kier alpha value is -0.610. The van der Waals surface area contributed by atoms with Gasteiger partial charge in [-0.15, -0.1) is 11.8 Å². The zero-order chi connectivity index (χ0) is 13.0. The van der Waals surface area contributed by atoms with Crippen LogP contribution in [0.2, 0.25) is 0 Å². The molecule has 0 aromatic heterocycles. The van der Waals surface area contributed by atoms with Crippen LogP contribution in [0.1, 0.15) is 32.6 Å². The molecule has 0 saturated heterocycles. The maximum absolute atomic E-state index is 13.2. The topological polar surface area (TPSA) is 12.0 Å². The molecule has 18 heavy (non-hydrogen) atoms. The summed E-state index contributed by atoms with van der Waals surface area (Å²) in [5.74, 6) is -1.53. The molecule has 2 rings (SSSR count). The fraction of sp³-hybridized carbons (Fsp3) is 0.571. The number of thioether (sulfide) groups is 1. The summed E-state index contributed by atoms with van der Waals surface area (Å²) in [7, 11) is 0. The maximum Gasteiger partial charge on any atom is 0.159 e. The van der Waals surface area contributed by atoms with E-state index in [-0.39, 0.29) is 0 Å². The van der Waals surface area contributed by atoms with Gasteiger partial charge in [0.2, 0.25) is 0 Å². The van der Waals surface area contributed by atoms with Crippen molar-refractivity contribution < 1.29 is 8.78 Å². The molecule has 1 aliphatic rings. The quantitative estimate of drug-likeness (QED) is 0.889. The van der Waals surface area contributed by atoms with E-state index in [2.05, 4.69) is 12.2 Å². The highest BCUT2D eigenvalue weighted by atomic mass is 32.2. The van der Waals surface area contributed by atoms with Gasteiger partial charge in [-0.25, -0.2) is 8.78 Å². The maximum atomic E-state index is 13.2. The second-order valence-corrected chi connectivity index (χ2v) is 5.99. The third-order valence-corrected chi connectivity index (χ3v) is 4.74. The van der Waals surface area contributed by atoms with Gasteiger partial charge in [0.15, 0.2) is 11.6 Å². The molecule has 1 aromatic carbocycles. The van der Waals surface area contributed by atoms with Gasteiger partial charge in [-0.1, -0.05) is 19.8 Å². The van der Waals surface area contributed by atoms with Crippen molar-refractivity contribution in [2.45, 2.75) is 48.8 Å². The number of hydrogen-bond donors (Lipinski definition) is 1. The molecule has 1 aromatic rings. The van der Waals surface area contributed by atoms with Crippen molar-refractivity contribution in [2.75, 3.05) is 6.54 Å². The first kappa shape index (κ1) is 13.8. The van der Waals surface area contributed by atoms with E-state index in [9.17, 15) is 8.78 Å². The van der Waals surface area contributed by atoms with E-state index in [1.54, 1.807) is 17.8 Å². The van der Waals surface area contributed by atoms with Gasteiger partial charge in [0.05, 0.1) is 0 Å². The molecule has 0 amide bonds. The number of benzene rings is 1. The summed E-state index contributed by atoms with van der Waals surface area (Å²) in [6.07, 6.45) is 4.80. The second kappa shape index (κ2) is 6.53. The highest BCUT2D eigenvalue weighted by Gasteiger charge is 2.25. The molecule has 0 heterocycles. The van der Waals surface area contributed by atoms with E-state index in [0.29, 0.717) is 11.3 Å². The molecule has 0 radical (unpaired) electrons. The van der Waals surface area contributed by atoms with Gasteiger partial charge < -0.3 is 5.32 Å². The average Bonchev–Trinajstić information content (AvgIpc) is 2.37. The van der Waals surface area contributed by atoms with Gasteiger partial charge in [-0.3, -0.25) is 0 Å². The van der Waals surface area contributed by atoms with Crippen molar-refractivity contribution in [1.82, 2.24) is 5.32 Å². The predicted octanol–water partition coefficient (Wildman–Crippen LogP) is 3.98. The molecule has 1 fully saturated rings. The number of nitrogens with one attached hydrogen (secondary N) is 1. The summed E-state index contributed by atoms with van der Waals surface area (Å²) in [5, 5.41) is 3.95. The Balaban J connectivity index is 2.03. The molecule has 1 aliphatic carbocycles. The zero-order valence-electron chi connectivity index (χ0n) is 10.6. The Bertz CT molecular complexity index is 395. The molecule has 1 saturated carbocycles. The van der Waals surface area contributed by atoms with Crippen LogP contribution in [0.15, 0.2) is 23.1 Å². The fourth-order valence-electron chi connectivity index (χ4n) is 2.46. The summed E-state index contributed by atoms with van der Waals surface area (Å²) in [6.45, 7) is 3.06. The molecule has 1 nitrogen and oxygen atoms in total. The minimum Gasteiger partial charge on any atom is -0.313 e. The molecule has 1 N–H and O–H groups in total. The van der Waals surface area contributed by atoms with Gasteiger partial charge in [-0.05, 0) is 37.6 Å². The van der Waals surface area contributed by atoms with Crippen molar-refractivity contribution in [2.24, 2.45) is 0 Å². The standard InChI is InChI=1S/C14H19F2NS/c1-2-17-13-5-3-4-6-14(13)18-10-7-8-11(15)12(16)9-10/h7-9,13-14,17H,2-6H2,1H3. The molecule has 0 bridgehead atoms. The Morgan fingerprint density at radius 1 is 1.22 bits per heavy atom. The van der Waals surface area contributed by atoms with Crippen LogP contribution < -0.4 is 5.32 Å². The van der Waals surface area contributed by atoms with Gasteiger partial charge in [-0.2, -0.15) is 0 Å². The van der Waals surface area contributed by atoms with Crippen LogP contribution in [-0.4, -0.2) is 17.8 Å². The van der Waals surface area contributed by atoms with Crippen LogP contribution in [0.4, 0.5) is 8.78 Å². The third kappa shape index (κ3) is 3.45. The lowest BCUT2D eigenvalue weighted by Gasteiger charge is -2.31. The first-order chi connectivity index (χ1) is 8.70. The monoisotopic (exact) mass is 271 g/mol. The van der Waals surface area contributed by atoms with Gasteiger partial charge in [0, 0.05) is 16.2 Å². The van der Waals surface area contributed by atoms with Crippen molar-refractivity contribution in [1.29, 1.82) is 0 Å². The Morgan fingerprint density at radius 2 is 2.00 bits per heavy atom. The highest BCUT2D eigenvalue weighted by molar-refractivity contribution is 8.00. The molecule has 2 atom stereocenters. The minimum atomic E-state index is -0.772. The number of rotatable bonds is 4. The lowest BCUT2D eigenvalue weighted by molar-refractivity contribution is 0.390. The van der Waals surface area contributed by atoms with E-state index in [1.165, 1.54) is 31.4 Å². The van der Waals surface area contributed by atoms with Crippen LogP contribution in [0.3, 0.4) is 0 Å². The molecular formula is C14H19F2NS. The van der Waals surface area contributed by atoms with Crippen molar-refractivity contribution in [3.63, 3.8) is 0 Å². The van der Waals surface area contributed by atoms with Gasteiger partial charge in [0.1, 0.15) is 0 Å². The molecule has 2 unspecified atom stereocenters. The van der Waals surface area contributed by atoms with Crippen molar-refractivity contribution in [3.05, 3.63) is 29.8 Å². The van der Waals surface area contributed by atoms with E-state index in [4.69, 9.17) is 0 Å². The molecule has 0 aliphatic heterocycles. The zero-order valence-corrected chi connectivity index (χ0v) is 11.4. The summed E-state index contributed by atoms with van der Waals surface area (Å²) < 4.78 is 26.1. The molecule has 100 valence electrons. The van der Waals surface area contributed by atoms with Crippen LogP contribution in [0, 0.1) is 11.6 Å². The fourth-order valence-corrected chi connectivity index (χ4v) is 3.81. The summed E-state index contributed by atoms with van der Waals surface area (Å²) in [6, 6.07) is 4.67. The van der Waals surface area contributed by atoms with Crippen LogP contribution in [0.5, 0.6) is 0 Å². The predicted molar refractivity (Wildman–Crippen MR) is 71.9 cm³/mol. The second-order valence-electron chi connectivity index (χ2n) is 4.68. The lowest BCUT2D eigenvalue weighted by Crippen LogP contribution is -2.40. The van der Waals surface area contributed by atoms with E-state index in [1.807, 2.05) is 0 Å². The largest absolute Gasteiger partial charge is 0.313 e. The SMILES string of the molecule is CCNC1CCCCC1Sc1ccc(F)c(F)c1. The van der Waals surface area contributed by atoms with Crippen LogP contribution in [-0.2, 0) is 0 Å². The van der Waals surface area contributed by atoms with Crippen LogP contribution in [0.25, 0.3) is 0 Å². The van der Waals surface area contributed by atoms with E-state index in [0.717, 1.165) is 17.9 Å². The van der Waals surface area contributed by atoms with Crippen molar-refractivity contribution >= 4 is 11.8 Å². The first-order valence-electron chi connectivity index (χ1n) is 6.55. The normalized spacial score (nSPS) is 24.2. The average molecular weight is 271 g/mol. The highest BCUT2D eigenvalue weighted by Crippen LogP contribution is 2.34. The lowest BCUT2D eigenvalue weighted by atomic mass is 9.95.